The standard InChI is InChI=1S/C14H12BrIN2O2/c1-9-11(15)7-17-13(12(9)16)18-14(19)20-8-10-5-3-2-4-6-10/h2-7H,8H2,1H3,(H,17,18,19). The van der Waals surface area contributed by atoms with Crippen molar-refractivity contribution in [3.63, 3.8) is 0 Å². The van der Waals surface area contributed by atoms with Crippen molar-refractivity contribution in [1.82, 2.24) is 4.98 Å². The molecule has 6 heteroatoms. The molecule has 0 atom stereocenters. The van der Waals surface area contributed by atoms with Crippen LogP contribution in [0.2, 0.25) is 0 Å². The predicted molar refractivity (Wildman–Crippen MR) is 89.6 cm³/mol. The number of nitrogens with one attached hydrogen (secondary N) is 1. The lowest BCUT2D eigenvalue weighted by atomic mass is 10.2. The number of benzene rings is 1. The van der Waals surface area contributed by atoms with Gasteiger partial charge in [0.2, 0.25) is 0 Å². The van der Waals surface area contributed by atoms with Gasteiger partial charge in [-0.1, -0.05) is 30.3 Å². The number of anilines is 1. The zero-order chi connectivity index (χ0) is 14.5. The van der Waals surface area contributed by atoms with Crippen LogP contribution in [0, 0.1) is 10.5 Å². The van der Waals surface area contributed by atoms with Crippen molar-refractivity contribution in [3.8, 4) is 0 Å². The summed E-state index contributed by atoms with van der Waals surface area (Å²) in [4.78, 5) is 15.9. The van der Waals surface area contributed by atoms with Gasteiger partial charge in [-0.2, -0.15) is 0 Å². The number of carbonyl (C=O) groups excluding carboxylic acids is 1. The largest absolute Gasteiger partial charge is 0.444 e. The van der Waals surface area contributed by atoms with E-state index in [0.717, 1.165) is 19.2 Å². The van der Waals surface area contributed by atoms with Crippen LogP contribution in [0.1, 0.15) is 11.1 Å². The number of amides is 1. The Morgan fingerprint density at radius 2 is 2.10 bits per heavy atom. The average molecular weight is 447 g/mol. The molecule has 1 N–H and O–H groups in total. The Kier molecular flexibility index (Phi) is 5.36. The molecule has 20 heavy (non-hydrogen) atoms. The van der Waals surface area contributed by atoms with E-state index in [4.69, 9.17) is 4.74 Å². The Morgan fingerprint density at radius 1 is 1.40 bits per heavy atom. The van der Waals surface area contributed by atoms with Crippen LogP contribution in [0.15, 0.2) is 41.0 Å². The molecule has 0 radical (unpaired) electrons. The molecule has 0 bridgehead atoms. The maximum atomic E-state index is 11.7. The van der Waals surface area contributed by atoms with Crippen LogP contribution >= 0.6 is 38.5 Å². The molecule has 0 saturated carbocycles. The number of halogens is 2. The summed E-state index contributed by atoms with van der Waals surface area (Å²) in [6.45, 7) is 2.19. The number of ether oxygens (including phenoxy) is 1. The van der Waals surface area contributed by atoms with Gasteiger partial charge in [0.15, 0.2) is 0 Å². The molecular formula is C14H12BrIN2O2. The van der Waals surface area contributed by atoms with E-state index in [1.54, 1.807) is 6.20 Å². The summed E-state index contributed by atoms with van der Waals surface area (Å²) in [5, 5.41) is 2.65. The highest BCUT2D eigenvalue weighted by molar-refractivity contribution is 14.1. The highest BCUT2D eigenvalue weighted by Crippen LogP contribution is 2.25. The van der Waals surface area contributed by atoms with Gasteiger partial charge in [0, 0.05) is 10.7 Å². The number of rotatable bonds is 3. The molecule has 0 spiro atoms. The van der Waals surface area contributed by atoms with Gasteiger partial charge in [0.05, 0.1) is 3.57 Å². The van der Waals surface area contributed by atoms with Crippen LogP contribution in [0.5, 0.6) is 0 Å². The molecule has 104 valence electrons. The minimum Gasteiger partial charge on any atom is -0.444 e. The Balaban J connectivity index is 1.97. The number of carbonyl (C=O) groups is 1. The Bertz CT molecular complexity index is 620. The Morgan fingerprint density at radius 3 is 2.80 bits per heavy atom. The first kappa shape index (κ1) is 15.2. The lowest BCUT2D eigenvalue weighted by Gasteiger charge is -2.10. The molecule has 0 fully saturated rings. The van der Waals surface area contributed by atoms with E-state index in [-0.39, 0.29) is 6.61 Å². The van der Waals surface area contributed by atoms with Crippen molar-refractivity contribution in [2.24, 2.45) is 0 Å². The van der Waals surface area contributed by atoms with Crippen molar-refractivity contribution in [1.29, 1.82) is 0 Å². The number of pyridine rings is 1. The summed E-state index contributed by atoms with van der Waals surface area (Å²) < 4.78 is 6.94. The fraction of sp³-hybridized carbons (Fsp3) is 0.143. The highest BCUT2D eigenvalue weighted by Gasteiger charge is 2.11. The SMILES string of the molecule is Cc1c(Br)cnc(NC(=O)OCc2ccccc2)c1I. The summed E-state index contributed by atoms with van der Waals surface area (Å²) in [5.74, 6) is 0.504. The second-order valence-electron chi connectivity index (χ2n) is 4.08. The molecule has 0 saturated heterocycles. The van der Waals surface area contributed by atoms with Crippen LogP contribution in [0.3, 0.4) is 0 Å². The van der Waals surface area contributed by atoms with Crippen LogP contribution in [0.4, 0.5) is 10.6 Å². The lowest BCUT2D eigenvalue weighted by Crippen LogP contribution is -2.15. The van der Waals surface area contributed by atoms with E-state index < -0.39 is 6.09 Å². The summed E-state index contributed by atoms with van der Waals surface area (Å²) in [6.07, 6.45) is 1.14. The molecular weight excluding hydrogens is 435 g/mol. The van der Waals surface area contributed by atoms with Gasteiger partial charge in [-0.25, -0.2) is 9.78 Å². The summed E-state index contributed by atoms with van der Waals surface area (Å²) in [6, 6.07) is 9.52. The maximum Gasteiger partial charge on any atom is 0.413 e. The van der Waals surface area contributed by atoms with Crippen molar-refractivity contribution >= 4 is 50.4 Å². The smallest absolute Gasteiger partial charge is 0.413 e. The molecule has 1 heterocycles. The molecule has 1 aromatic heterocycles. The van der Waals surface area contributed by atoms with E-state index >= 15 is 0 Å². The topological polar surface area (TPSA) is 51.2 Å². The number of aromatic nitrogens is 1. The average Bonchev–Trinajstić information content (AvgIpc) is 2.47. The third-order valence-electron chi connectivity index (χ3n) is 2.64. The van der Waals surface area contributed by atoms with E-state index in [2.05, 4.69) is 48.8 Å². The quantitative estimate of drug-likeness (QED) is 0.706. The van der Waals surface area contributed by atoms with E-state index in [1.165, 1.54) is 0 Å². The van der Waals surface area contributed by atoms with Gasteiger partial charge < -0.3 is 4.74 Å². The molecule has 1 aromatic carbocycles. The first-order chi connectivity index (χ1) is 9.58. The van der Waals surface area contributed by atoms with Crippen LogP contribution in [-0.2, 0) is 11.3 Å². The number of hydrogen-bond donors (Lipinski definition) is 1. The van der Waals surface area contributed by atoms with Gasteiger partial charge >= 0.3 is 6.09 Å². The third-order valence-corrected chi connectivity index (χ3v) is 4.76. The first-order valence-corrected chi connectivity index (χ1v) is 7.73. The third kappa shape index (κ3) is 3.92. The number of nitrogens with zero attached hydrogens (tertiary/aromatic N) is 1. The van der Waals surface area contributed by atoms with Gasteiger partial charge in [-0.15, -0.1) is 0 Å². The predicted octanol–water partition coefficient (Wildman–Crippen LogP) is 4.51. The van der Waals surface area contributed by atoms with Crippen molar-refractivity contribution in [2.45, 2.75) is 13.5 Å². The summed E-state index contributed by atoms with van der Waals surface area (Å²) >= 11 is 5.54. The number of hydrogen-bond acceptors (Lipinski definition) is 3. The normalized spacial score (nSPS) is 10.2. The van der Waals surface area contributed by atoms with Crippen molar-refractivity contribution in [3.05, 3.63) is 55.7 Å². The van der Waals surface area contributed by atoms with Gasteiger partial charge in [-0.3, -0.25) is 5.32 Å². The highest BCUT2D eigenvalue weighted by atomic mass is 127. The second-order valence-corrected chi connectivity index (χ2v) is 6.01. The van der Waals surface area contributed by atoms with E-state index in [0.29, 0.717) is 5.82 Å². The Labute approximate surface area is 139 Å². The maximum absolute atomic E-state index is 11.7. The Hall–Kier alpha value is -1.15. The van der Waals surface area contributed by atoms with E-state index in [9.17, 15) is 4.79 Å². The van der Waals surface area contributed by atoms with Crippen molar-refractivity contribution in [2.75, 3.05) is 5.32 Å². The lowest BCUT2D eigenvalue weighted by molar-refractivity contribution is 0.155. The fourth-order valence-electron chi connectivity index (χ4n) is 1.50. The molecule has 0 unspecified atom stereocenters. The zero-order valence-electron chi connectivity index (χ0n) is 10.7. The molecule has 0 aliphatic heterocycles. The van der Waals surface area contributed by atoms with E-state index in [1.807, 2.05) is 37.3 Å². The van der Waals surface area contributed by atoms with Gasteiger partial charge in [0.25, 0.3) is 0 Å². The van der Waals surface area contributed by atoms with Gasteiger partial charge in [-0.05, 0) is 56.6 Å². The first-order valence-electron chi connectivity index (χ1n) is 5.86. The minimum absolute atomic E-state index is 0.235. The second kappa shape index (κ2) is 7.03. The molecule has 4 nitrogen and oxygen atoms in total. The van der Waals surface area contributed by atoms with Crippen LogP contribution < -0.4 is 5.32 Å². The molecule has 1 amide bonds. The fourth-order valence-corrected chi connectivity index (χ4v) is 2.74. The molecule has 2 rings (SSSR count). The molecule has 0 aliphatic carbocycles. The van der Waals surface area contributed by atoms with Crippen LogP contribution in [-0.4, -0.2) is 11.1 Å². The monoisotopic (exact) mass is 446 g/mol. The summed E-state index contributed by atoms with van der Waals surface area (Å²) in [7, 11) is 0. The molecule has 2 aromatic rings. The van der Waals surface area contributed by atoms with Gasteiger partial charge in [0.1, 0.15) is 12.4 Å². The zero-order valence-corrected chi connectivity index (χ0v) is 14.4. The van der Waals surface area contributed by atoms with Crippen LogP contribution in [0.25, 0.3) is 0 Å². The summed E-state index contributed by atoms with van der Waals surface area (Å²) in [5.41, 5.74) is 1.97. The minimum atomic E-state index is -0.513. The van der Waals surface area contributed by atoms with Crippen molar-refractivity contribution < 1.29 is 9.53 Å². The molecule has 0 aliphatic rings.